The lowest BCUT2D eigenvalue weighted by Crippen LogP contribution is -2.40. The Balaban J connectivity index is 1.63. The van der Waals surface area contributed by atoms with Gasteiger partial charge in [-0.1, -0.05) is 22.4 Å². The largest absolute Gasteiger partial charge is 0.496 e. The first-order valence-electron chi connectivity index (χ1n) is 9.24. The molecule has 0 bridgehead atoms. The standard InChI is InChI=1S/C21H25BrN2O3/c1-26-19-9-8-17(22)14-16(19)7-10-21(25)23-15-18(20-6-5-13-27-20)24-11-3-2-4-12-24/h5-10,13-14,18H,2-4,11-12,15H2,1H3,(H,23,25)/b10-7-/t18-/m1/s1. The Labute approximate surface area is 168 Å². The van der Waals surface area contributed by atoms with Crippen LogP contribution in [-0.2, 0) is 4.79 Å². The van der Waals surface area contributed by atoms with Gasteiger partial charge in [-0.25, -0.2) is 0 Å². The van der Waals surface area contributed by atoms with Crippen molar-refractivity contribution in [2.24, 2.45) is 0 Å². The van der Waals surface area contributed by atoms with E-state index in [1.54, 1.807) is 25.5 Å². The van der Waals surface area contributed by atoms with Crippen molar-refractivity contribution < 1.29 is 13.9 Å². The van der Waals surface area contributed by atoms with E-state index in [1.807, 2.05) is 30.3 Å². The van der Waals surface area contributed by atoms with Gasteiger partial charge in [-0.2, -0.15) is 0 Å². The fourth-order valence-corrected chi connectivity index (χ4v) is 3.76. The molecule has 1 aliphatic heterocycles. The molecule has 1 saturated heterocycles. The summed E-state index contributed by atoms with van der Waals surface area (Å²) < 4.78 is 11.9. The zero-order chi connectivity index (χ0) is 19.1. The van der Waals surface area contributed by atoms with Crippen molar-refractivity contribution in [2.45, 2.75) is 25.3 Å². The molecule has 1 aromatic carbocycles. The minimum atomic E-state index is -0.134. The molecule has 3 rings (SSSR count). The smallest absolute Gasteiger partial charge is 0.244 e. The van der Waals surface area contributed by atoms with E-state index in [2.05, 4.69) is 26.1 Å². The average Bonchev–Trinajstić information content (AvgIpc) is 3.22. The maximum absolute atomic E-state index is 12.4. The first-order chi connectivity index (χ1) is 13.2. The number of hydrogen-bond donors (Lipinski definition) is 1. The van der Waals surface area contributed by atoms with Crippen LogP contribution in [0.2, 0.25) is 0 Å². The molecule has 6 heteroatoms. The average molecular weight is 433 g/mol. The van der Waals surface area contributed by atoms with Gasteiger partial charge in [0.2, 0.25) is 5.91 Å². The number of benzene rings is 1. The second kappa shape index (κ2) is 9.76. The third-order valence-corrected chi connectivity index (χ3v) is 5.27. The van der Waals surface area contributed by atoms with Crippen molar-refractivity contribution in [2.75, 3.05) is 26.7 Å². The van der Waals surface area contributed by atoms with Crippen LogP contribution in [0.25, 0.3) is 6.08 Å². The molecule has 1 N–H and O–H groups in total. The number of likely N-dealkylation sites (tertiary alicyclic amines) is 1. The zero-order valence-electron chi connectivity index (χ0n) is 15.5. The van der Waals surface area contributed by atoms with Crippen molar-refractivity contribution in [3.05, 3.63) is 58.5 Å². The van der Waals surface area contributed by atoms with Crippen molar-refractivity contribution in [3.63, 3.8) is 0 Å². The number of carbonyl (C=O) groups excluding carboxylic acids is 1. The third kappa shape index (κ3) is 5.47. The highest BCUT2D eigenvalue weighted by molar-refractivity contribution is 9.10. The lowest BCUT2D eigenvalue weighted by Gasteiger charge is -2.33. The Morgan fingerprint density at radius 2 is 2.15 bits per heavy atom. The molecule has 5 nitrogen and oxygen atoms in total. The zero-order valence-corrected chi connectivity index (χ0v) is 17.1. The van der Waals surface area contributed by atoms with Gasteiger partial charge in [-0.3, -0.25) is 9.69 Å². The van der Waals surface area contributed by atoms with Gasteiger partial charge in [-0.05, 0) is 62.3 Å². The minimum Gasteiger partial charge on any atom is -0.496 e. The molecular formula is C21H25BrN2O3. The van der Waals surface area contributed by atoms with E-state index >= 15 is 0 Å². The van der Waals surface area contributed by atoms with Crippen LogP contribution in [0.5, 0.6) is 5.75 Å². The van der Waals surface area contributed by atoms with Crippen LogP contribution in [0.3, 0.4) is 0 Å². The summed E-state index contributed by atoms with van der Waals surface area (Å²) >= 11 is 3.44. The van der Waals surface area contributed by atoms with Crippen LogP contribution in [0.15, 0.2) is 51.6 Å². The summed E-state index contributed by atoms with van der Waals surface area (Å²) in [5.74, 6) is 1.49. The Morgan fingerprint density at radius 3 is 2.85 bits per heavy atom. The molecule has 0 spiro atoms. The van der Waals surface area contributed by atoms with Gasteiger partial charge in [-0.15, -0.1) is 0 Å². The summed E-state index contributed by atoms with van der Waals surface area (Å²) in [5.41, 5.74) is 0.848. The van der Waals surface area contributed by atoms with E-state index in [0.717, 1.165) is 34.6 Å². The predicted molar refractivity (Wildman–Crippen MR) is 110 cm³/mol. The van der Waals surface area contributed by atoms with Gasteiger partial charge in [0.15, 0.2) is 0 Å². The van der Waals surface area contributed by atoms with Crippen LogP contribution in [0, 0.1) is 0 Å². The van der Waals surface area contributed by atoms with Crippen LogP contribution in [0.4, 0.5) is 0 Å². The molecule has 1 fully saturated rings. The van der Waals surface area contributed by atoms with Gasteiger partial charge in [0.1, 0.15) is 11.5 Å². The molecule has 144 valence electrons. The molecule has 0 radical (unpaired) electrons. The van der Waals surface area contributed by atoms with Crippen molar-refractivity contribution in [3.8, 4) is 5.75 Å². The molecule has 0 unspecified atom stereocenters. The highest BCUT2D eigenvalue weighted by Crippen LogP contribution is 2.25. The summed E-state index contributed by atoms with van der Waals surface area (Å²) in [7, 11) is 1.62. The first kappa shape index (κ1) is 19.7. The van der Waals surface area contributed by atoms with Crippen LogP contribution in [-0.4, -0.2) is 37.6 Å². The van der Waals surface area contributed by atoms with Crippen molar-refractivity contribution in [1.29, 1.82) is 0 Å². The van der Waals surface area contributed by atoms with Gasteiger partial charge in [0, 0.05) is 22.7 Å². The van der Waals surface area contributed by atoms with E-state index in [1.165, 1.54) is 19.3 Å². The van der Waals surface area contributed by atoms with E-state index in [9.17, 15) is 4.79 Å². The SMILES string of the molecule is COc1ccc(Br)cc1/C=C\C(=O)NC[C@H](c1ccco1)N1CCCCC1. The lowest BCUT2D eigenvalue weighted by atomic mass is 10.1. The molecule has 0 saturated carbocycles. The summed E-state index contributed by atoms with van der Waals surface area (Å²) in [6.45, 7) is 2.59. The Bertz CT molecular complexity index is 768. The molecule has 1 aliphatic rings. The molecule has 1 aromatic heterocycles. The van der Waals surface area contributed by atoms with Crippen molar-refractivity contribution in [1.82, 2.24) is 10.2 Å². The Kier molecular flexibility index (Phi) is 7.12. The monoisotopic (exact) mass is 432 g/mol. The van der Waals surface area contributed by atoms with Crippen LogP contribution in [0.1, 0.15) is 36.6 Å². The van der Waals surface area contributed by atoms with E-state index in [4.69, 9.17) is 9.15 Å². The normalized spacial score (nSPS) is 16.4. The molecule has 1 amide bonds. The van der Waals surface area contributed by atoms with Crippen molar-refractivity contribution >= 4 is 27.9 Å². The highest BCUT2D eigenvalue weighted by atomic mass is 79.9. The first-order valence-corrected chi connectivity index (χ1v) is 10.0. The van der Waals surface area contributed by atoms with Gasteiger partial charge in [0.05, 0.1) is 19.4 Å². The third-order valence-electron chi connectivity index (χ3n) is 4.78. The number of hydrogen-bond acceptors (Lipinski definition) is 4. The minimum absolute atomic E-state index is 0.0676. The molecule has 27 heavy (non-hydrogen) atoms. The summed E-state index contributed by atoms with van der Waals surface area (Å²) in [4.78, 5) is 14.8. The number of furan rings is 1. The molecule has 2 heterocycles. The number of carbonyl (C=O) groups is 1. The highest BCUT2D eigenvalue weighted by Gasteiger charge is 2.24. The van der Waals surface area contributed by atoms with E-state index < -0.39 is 0 Å². The maximum Gasteiger partial charge on any atom is 0.244 e. The number of ether oxygens (including phenoxy) is 1. The van der Waals surface area contributed by atoms with Gasteiger partial charge < -0.3 is 14.5 Å². The Morgan fingerprint density at radius 1 is 1.33 bits per heavy atom. The Hall–Kier alpha value is -2.05. The summed E-state index contributed by atoms with van der Waals surface area (Å²) in [6.07, 6.45) is 8.64. The maximum atomic E-state index is 12.4. The van der Waals surface area contributed by atoms with E-state index in [-0.39, 0.29) is 11.9 Å². The number of rotatable bonds is 7. The number of nitrogens with zero attached hydrogens (tertiary/aromatic N) is 1. The second-order valence-electron chi connectivity index (χ2n) is 6.59. The summed E-state index contributed by atoms with van der Waals surface area (Å²) in [6, 6.07) is 9.63. The van der Waals surface area contributed by atoms with E-state index in [0.29, 0.717) is 6.54 Å². The number of piperidine rings is 1. The quantitative estimate of drug-likeness (QED) is 0.658. The fraction of sp³-hybridized carbons (Fsp3) is 0.381. The van der Waals surface area contributed by atoms with Gasteiger partial charge >= 0.3 is 0 Å². The fourth-order valence-electron chi connectivity index (χ4n) is 3.38. The molecule has 0 aliphatic carbocycles. The van der Waals surface area contributed by atoms with Gasteiger partial charge in [0.25, 0.3) is 0 Å². The lowest BCUT2D eigenvalue weighted by molar-refractivity contribution is -0.116. The predicted octanol–water partition coefficient (Wildman–Crippen LogP) is 4.41. The summed E-state index contributed by atoms with van der Waals surface area (Å²) in [5, 5.41) is 3.01. The molecule has 2 aromatic rings. The number of halogens is 1. The molecule has 1 atom stereocenters. The number of nitrogens with one attached hydrogen (secondary N) is 1. The van der Waals surface area contributed by atoms with Crippen LogP contribution < -0.4 is 10.1 Å². The topological polar surface area (TPSA) is 54.7 Å². The second-order valence-corrected chi connectivity index (χ2v) is 7.51. The van der Waals surface area contributed by atoms with Crippen LogP contribution >= 0.6 is 15.9 Å². The number of methoxy groups -OCH3 is 1. The number of amides is 1. The molecular weight excluding hydrogens is 408 g/mol.